The number of hydrogen-bond acceptors (Lipinski definition) is 2. The van der Waals surface area contributed by atoms with E-state index in [0.717, 1.165) is 5.56 Å². The Kier molecular flexibility index (Phi) is 5.42. The number of amides is 1. The van der Waals surface area contributed by atoms with Gasteiger partial charge in [-0.25, -0.2) is 4.39 Å². The van der Waals surface area contributed by atoms with E-state index in [1.807, 2.05) is 36.4 Å². The Hall–Kier alpha value is -3.14. The molecular weight excluding hydrogens is 317 g/mol. The molecule has 25 heavy (non-hydrogen) atoms. The maximum atomic E-state index is 12.9. The van der Waals surface area contributed by atoms with E-state index in [2.05, 4.69) is 5.32 Å². The predicted octanol–water partition coefficient (Wildman–Crippen LogP) is 4.59. The zero-order chi connectivity index (χ0) is 17.5. The summed E-state index contributed by atoms with van der Waals surface area (Å²) < 4.78 is 18.7. The average Bonchev–Trinajstić information content (AvgIpc) is 2.64. The van der Waals surface area contributed by atoms with E-state index in [1.165, 1.54) is 12.1 Å². The van der Waals surface area contributed by atoms with Crippen LogP contribution in [-0.2, 0) is 6.42 Å². The highest BCUT2D eigenvalue weighted by atomic mass is 19.1. The lowest BCUT2D eigenvalue weighted by Gasteiger charge is -2.11. The Balaban J connectivity index is 1.63. The molecule has 1 N–H and O–H groups in total. The molecule has 4 heteroatoms. The molecule has 126 valence electrons. The molecule has 3 nitrogen and oxygen atoms in total. The van der Waals surface area contributed by atoms with Gasteiger partial charge in [0.25, 0.3) is 5.91 Å². The number of benzene rings is 3. The number of hydrogen-bond donors (Lipinski definition) is 1. The molecule has 0 heterocycles. The summed E-state index contributed by atoms with van der Waals surface area (Å²) in [5, 5.41) is 2.88. The van der Waals surface area contributed by atoms with Gasteiger partial charge < -0.3 is 10.1 Å². The molecule has 0 unspecified atom stereocenters. The molecule has 0 atom stereocenters. The Bertz CT molecular complexity index is 832. The summed E-state index contributed by atoms with van der Waals surface area (Å²) in [6, 6.07) is 22.7. The summed E-state index contributed by atoms with van der Waals surface area (Å²) in [5.74, 6) is 0.718. The van der Waals surface area contributed by atoms with Crippen molar-refractivity contribution in [3.63, 3.8) is 0 Å². The van der Waals surface area contributed by atoms with Crippen LogP contribution in [0.5, 0.6) is 11.5 Å². The van der Waals surface area contributed by atoms with Gasteiger partial charge in [0.05, 0.1) is 5.56 Å². The van der Waals surface area contributed by atoms with Crippen LogP contribution in [0.3, 0.4) is 0 Å². The third-order valence-electron chi connectivity index (χ3n) is 3.72. The van der Waals surface area contributed by atoms with Gasteiger partial charge >= 0.3 is 0 Å². The van der Waals surface area contributed by atoms with Crippen molar-refractivity contribution in [2.24, 2.45) is 0 Å². The number of para-hydroxylation sites is 2. The van der Waals surface area contributed by atoms with Crippen LogP contribution < -0.4 is 10.1 Å². The van der Waals surface area contributed by atoms with Crippen molar-refractivity contribution in [2.75, 3.05) is 6.54 Å². The van der Waals surface area contributed by atoms with Crippen molar-refractivity contribution >= 4 is 5.91 Å². The smallest absolute Gasteiger partial charge is 0.255 e. The molecule has 0 bridgehead atoms. The van der Waals surface area contributed by atoms with Crippen LogP contribution in [0.1, 0.15) is 15.9 Å². The Morgan fingerprint density at radius 1 is 0.880 bits per heavy atom. The highest BCUT2D eigenvalue weighted by Crippen LogP contribution is 2.24. The SMILES string of the molecule is O=C(NCCc1ccc(F)cc1)c1ccccc1Oc1ccccc1. The van der Waals surface area contributed by atoms with Gasteiger partial charge in [0, 0.05) is 6.54 Å². The standard InChI is InChI=1S/C21H18FNO2/c22-17-12-10-16(11-13-17)14-15-23-21(24)19-8-4-5-9-20(19)25-18-6-2-1-3-7-18/h1-13H,14-15H2,(H,23,24). The van der Waals surface area contributed by atoms with Gasteiger partial charge in [-0.15, -0.1) is 0 Å². The molecule has 0 saturated heterocycles. The van der Waals surface area contributed by atoms with Gasteiger partial charge in [0.2, 0.25) is 0 Å². The van der Waals surface area contributed by atoms with E-state index in [1.54, 1.807) is 30.3 Å². The maximum absolute atomic E-state index is 12.9. The van der Waals surface area contributed by atoms with Crippen LogP contribution in [0.15, 0.2) is 78.9 Å². The van der Waals surface area contributed by atoms with Crippen molar-refractivity contribution in [1.29, 1.82) is 0 Å². The number of carbonyl (C=O) groups excluding carboxylic acids is 1. The molecule has 0 spiro atoms. The number of halogens is 1. The quantitative estimate of drug-likeness (QED) is 0.715. The monoisotopic (exact) mass is 335 g/mol. The first kappa shape index (κ1) is 16.7. The van der Waals surface area contributed by atoms with Crippen molar-refractivity contribution in [2.45, 2.75) is 6.42 Å². The van der Waals surface area contributed by atoms with Crippen LogP contribution >= 0.6 is 0 Å². The van der Waals surface area contributed by atoms with Crippen LogP contribution in [0.4, 0.5) is 4.39 Å². The Morgan fingerprint density at radius 3 is 2.32 bits per heavy atom. The van der Waals surface area contributed by atoms with E-state index in [0.29, 0.717) is 30.0 Å². The molecule has 0 radical (unpaired) electrons. The Labute approximate surface area is 146 Å². The fourth-order valence-electron chi connectivity index (χ4n) is 2.43. The summed E-state index contributed by atoms with van der Waals surface area (Å²) in [6.45, 7) is 0.462. The zero-order valence-corrected chi connectivity index (χ0v) is 13.6. The first-order chi connectivity index (χ1) is 12.2. The Morgan fingerprint density at radius 2 is 1.56 bits per heavy atom. The number of nitrogens with one attached hydrogen (secondary N) is 1. The summed E-state index contributed by atoms with van der Waals surface area (Å²) in [7, 11) is 0. The summed E-state index contributed by atoms with van der Waals surface area (Å²) in [5.41, 5.74) is 1.45. The molecule has 0 saturated carbocycles. The second-order valence-electron chi connectivity index (χ2n) is 5.54. The zero-order valence-electron chi connectivity index (χ0n) is 13.6. The van der Waals surface area contributed by atoms with Gasteiger partial charge in [-0.2, -0.15) is 0 Å². The molecule has 0 aliphatic heterocycles. The maximum Gasteiger partial charge on any atom is 0.255 e. The number of rotatable bonds is 6. The normalized spacial score (nSPS) is 10.3. The van der Waals surface area contributed by atoms with E-state index >= 15 is 0 Å². The first-order valence-corrected chi connectivity index (χ1v) is 8.07. The van der Waals surface area contributed by atoms with Crippen molar-refractivity contribution in [1.82, 2.24) is 5.32 Å². The van der Waals surface area contributed by atoms with E-state index in [4.69, 9.17) is 4.74 Å². The third kappa shape index (κ3) is 4.67. The van der Waals surface area contributed by atoms with Crippen LogP contribution in [-0.4, -0.2) is 12.5 Å². The van der Waals surface area contributed by atoms with Crippen LogP contribution in [0, 0.1) is 5.82 Å². The third-order valence-corrected chi connectivity index (χ3v) is 3.72. The molecule has 0 aliphatic rings. The topological polar surface area (TPSA) is 38.3 Å². The highest BCUT2D eigenvalue weighted by Gasteiger charge is 2.12. The lowest BCUT2D eigenvalue weighted by molar-refractivity contribution is 0.0952. The molecule has 3 rings (SSSR count). The first-order valence-electron chi connectivity index (χ1n) is 8.07. The highest BCUT2D eigenvalue weighted by molar-refractivity contribution is 5.97. The second-order valence-corrected chi connectivity index (χ2v) is 5.54. The van der Waals surface area contributed by atoms with Crippen LogP contribution in [0.2, 0.25) is 0 Å². The van der Waals surface area contributed by atoms with Gasteiger partial charge in [0.15, 0.2) is 0 Å². The minimum atomic E-state index is -0.264. The van der Waals surface area contributed by atoms with Gasteiger partial charge in [-0.3, -0.25) is 4.79 Å². The number of ether oxygens (including phenoxy) is 1. The molecule has 0 aliphatic carbocycles. The molecule has 3 aromatic rings. The lowest BCUT2D eigenvalue weighted by Crippen LogP contribution is -2.26. The molecule has 1 amide bonds. The fraction of sp³-hybridized carbons (Fsp3) is 0.0952. The molecule has 3 aromatic carbocycles. The molecular formula is C21H18FNO2. The van der Waals surface area contributed by atoms with E-state index < -0.39 is 0 Å². The summed E-state index contributed by atoms with van der Waals surface area (Å²) in [6.07, 6.45) is 0.633. The van der Waals surface area contributed by atoms with Gasteiger partial charge in [0.1, 0.15) is 17.3 Å². The van der Waals surface area contributed by atoms with E-state index in [9.17, 15) is 9.18 Å². The number of carbonyl (C=O) groups is 1. The second kappa shape index (κ2) is 8.11. The lowest BCUT2D eigenvalue weighted by atomic mass is 10.1. The van der Waals surface area contributed by atoms with Crippen LogP contribution in [0.25, 0.3) is 0 Å². The summed E-state index contributed by atoms with van der Waals surface area (Å²) >= 11 is 0. The summed E-state index contributed by atoms with van der Waals surface area (Å²) in [4.78, 5) is 12.4. The van der Waals surface area contributed by atoms with Crippen molar-refractivity contribution in [3.8, 4) is 11.5 Å². The fourth-order valence-corrected chi connectivity index (χ4v) is 2.43. The minimum Gasteiger partial charge on any atom is -0.457 e. The average molecular weight is 335 g/mol. The predicted molar refractivity (Wildman–Crippen MR) is 95.4 cm³/mol. The van der Waals surface area contributed by atoms with Crippen molar-refractivity contribution < 1.29 is 13.9 Å². The van der Waals surface area contributed by atoms with E-state index in [-0.39, 0.29) is 11.7 Å². The minimum absolute atomic E-state index is 0.200. The van der Waals surface area contributed by atoms with Gasteiger partial charge in [-0.1, -0.05) is 42.5 Å². The molecule has 0 fully saturated rings. The largest absolute Gasteiger partial charge is 0.457 e. The molecule has 0 aromatic heterocycles. The van der Waals surface area contributed by atoms with Crippen molar-refractivity contribution in [3.05, 3.63) is 95.8 Å². The van der Waals surface area contributed by atoms with Gasteiger partial charge in [-0.05, 0) is 48.4 Å².